The van der Waals surface area contributed by atoms with Gasteiger partial charge in [0.1, 0.15) is 0 Å². The molecule has 0 amide bonds. The Hall–Kier alpha value is -2.10. The molecule has 0 spiro atoms. The smallest absolute Gasteiger partial charge is 0.309 e. The van der Waals surface area contributed by atoms with E-state index in [2.05, 4.69) is 5.10 Å². The van der Waals surface area contributed by atoms with E-state index in [1.807, 2.05) is 30.3 Å². The number of para-hydroxylation sites is 1. The van der Waals surface area contributed by atoms with E-state index in [0.29, 0.717) is 5.88 Å². The van der Waals surface area contributed by atoms with Crippen molar-refractivity contribution in [1.82, 2.24) is 9.78 Å². The van der Waals surface area contributed by atoms with Gasteiger partial charge in [-0.05, 0) is 12.1 Å². The van der Waals surface area contributed by atoms with Gasteiger partial charge in [-0.15, -0.1) is 5.10 Å². The monoisotopic (exact) mass is 202 g/mol. The molecule has 2 rings (SSSR count). The van der Waals surface area contributed by atoms with Gasteiger partial charge in [0.15, 0.2) is 0 Å². The highest BCUT2D eigenvalue weighted by atomic mass is 16.5. The molecule has 0 atom stereocenters. The number of ether oxygens (including phenoxy) is 1. The highest BCUT2D eigenvalue weighted by Crippen LogP contribution is 2.11. The number of rotatable bonds is 2. The molecule has 0 bridgehead atoms. The molecule has 4 nitrogen and oxygen atoms in total. The minimum Gasteiger partial charge on any atom is -0.406 e. The minimum atomic E-state index is -0.367. The van der Waals surface area contributed by atoms with Crippen LogP contribution in [0.4, 0.5) is 0 Å². The van der Waals surface area contributed by atoms with Crippen molar-refractivity contribution in [2.75, 3.05) is 0 Å². The molecule has 15 heavy (non-hydrogen) atoms. The Labute approximate surface area is 87.1 Å². The van der Waals surface area contributed by atoms with Crippen LogP contribution in [0.5, 0.6) is 5.88 Å². The number of esters is 1. The lowest BCUT2D eigenvalue weighted by atomic mass is 10.3. The second-order valence-corrected chi connectivity index (χ2v) is 3.03. The van der Waals surface area contributed by atoms with Crippen molar-refractivity contribution in [1.29, 1.82) is 0 Å². The second kappa shape index (κ2) is 3.96. The van der Waals surface area contributed by atoms with E-state index in [9.17, 15) is 4.79 Å². The Kier molecular flexibility index (Phi) is 2.49. The molecule has 4 heteroatoms. The van der Waals surface area contributed by atoms with Gasteiger partial charge in [0.05, 0.1) is 5.69 Å². The maximum absolute atomic E-state index is 10.7. The molecule has 0 aliphatic rings. The van der Waals surface area contributed by atoms with Gasteiger partial charge in [-0.3, -0.25) is 4.79 Å². The summed E-state index contributed by atoms with van der Waals surface area (Å²) >= 11 is 0. The van der Waals surface area contributed by atoms with E-state index < -0.39 is 0 Å². The van der Waals surface area contributed by atoms with Crippen molar-refractivity contribution in [3.8, 4) is 11.6 Å². The van der Waals surface area contributed by atoms with Gasteiger partial charge in [0.25, 0.3) is 0 Å². The number of aromatic nitrogens is 2. The molecule has 0 saturated heterocycles. The standard InChI is InChI=1S/C11H10N2O2/c1-9(14)15-11-7-8-13(12-11)10-5-3-2-4-6-10/h2-8H,1H3. The van der Waals surface area contributed by atoms with Crippen LogP contribution in [-0.2, 0) is 4.79 Å². The summed E-state index contributed by atoms with van der Waals surface area (Å²) < 4.78 is 6.50. The van der Waals surface area contributed by atoms with Crippen LogP contribution in [0.15, 0.2) is 42.6 Å². The number of hydrogen-bond acceptors (Lipinski definition) is 3. The predicted molar refractivity (Wildman–Crippen MR) is 54.9 cm³/mol. The number of benzene rings is 1. The Bertz CT molecular complexity index is 462. The van der Waals surface area contributed by atoms with Gasteiger partial charge in [0.2, 0.25) is 5.88 Å². The fraction of sp³-hybridized carbons (Fsp3) is 0.0909. The molecule has 0 unspecified atom stereocenters. The third-order valence-corrected chi connectivity index (χ3v) is 1.83. The maximum Gasteiger partial charge on any atom is 0.309 e. The normalized spacial score (nSPS) is 9.93. The van der Waals surface area contributed by atoms with Crippen molar-refractivity contribution in [3.63, 3.8) is 0 Å². The quantitative estimate of drug-likeness (QED) is 0.697. The van der Waals surface area contributed by atoms with E-state index in [1.165, 1.54) is 6.92 Å². The van der Waals surface area contributed by atoms with Crippen LogP contribution in [0, 0.1) is 0 Å². The summed E-state index contributed by atoms with van der Waals surface area (Å²) in [5.74, 6) is -0.0559. The van der Waals surface area contributed by atoms with Gasteiger partial charge >= 0.3 is 5.97 Å². The second-order valence-electron chi connectivity index (χ2n) is 3.03. The molecule has 0 aliphatic heterocycles. The molecule has 1 aromatic carbocycles. The van der Waals surface area contributed by atoms with E-state index in [1.54, 1.807) is 16.9 Å². The van der Waals surface area contributed by atoms with Crippen LogP contribution in [0.25, 0.3) is 5.69 Å². The van der Waals surface area contributed by atoms with Crippen LogP contribution < -0.4 is 4.74 Å². The summed E-state index contributed by atoms with van der Waals surface area (Å²) in [6.45, 7) is 1.35. The molecule has 0 fully saturated rings. The van der Waals surface area contributed by atoms with Crippen LogP contribution in [-0.4, -0.2) is 15.7 Å². The van der Waals surface area contributed by atoms with E-state index in [4.69, 9.17) is 4.74 Å². The summed E-state index contributed by atoms with van der Waals surface area (Å²) in [5.41, 5.74) is 0.927. The third-order valence-electron chi connectivity index (χ3n) is 1.83. The lowest BCUT2D eigenvalue weighted by Gasteiger charge is -1.99. The lowest BCUT2D eigenvalue weighted by molar-refractivity contribution is -0.132. The molecule has 76 valence electrons. The van der Waals surface area contributed by atoms with Crippen molar-refractivity contribution in [2.45, 2.75) is 6.92 Å². The predicted octanol–water partition coefficient (Wildman–Crippen LogP) is 1.80. The van der Waals surface area contributed by atoms with Crippen LogP contribution in [0.3, 0.4) is 0 Å². The molecule has 0 saturated carbocycles. The first kappa shape index (κ1) is 9.45. The molecular formula is C11H10N2O2. The molecule has 0 radical (unpaired) electrons. The van der Waals surface area contributed by atoms with Crippen LogP contribution in [0.2, 0.25) is 0 Å². The Balaban J connectivity index is 2.24. The topological polar surface area (TPSA) is 44.1 Å². The van der Waals surface area contributed by atoms with E-state index in [-0.39, 0.29) is 5.97 Å². The van der Waals surface area contributed by atoms with Gasteiger partial charge in [-0.1, -0.05) is 18.2 Å². The average molecular weight is 202 g/mol. The number of carbonyl (C=O) groups excluding carboxylic acids is 1. The number of carbonyl (C=O) groups is 1. The average Bonchev–Trinajstić information content (AvgIpc) is 2.67. The fourth-order valence-electron chi connectivity index (χ4n) is 1.23. The third kappa shape index (κ3) is 2.22. The van der Waals surface area contributed by atoms with E-state index in [0.717, 1.165) is 5.69 Å². The molecule has 1 aromatic heterocycles. The Morgan fingerprint density at radius 1 is 1.27 bits per heavy atom. The molecule has 0 aliphatic carbocycles. The van der Waals surface area contributed by atoms with Crippen LogP contribution in [0.1, 0.15) is 6.92 Å². The SMILES string of the molecule is CC(=O)Oc1ccn(-c2ccccc2)n1. The Morgan fingerprint density at radius 2 is 2.00 bits per heavy atom. The largest absolute Gasteiger partial charge is 0.406 e. The first-order chi connectivity index (χ1) is 7.25. The van der Waals surface area contributed by atoms with Gasteiger partial charge in [0, 0.05) is 19.2 Å². The molecule has 2 aromatic rings. The zero-order valence-corrected chi connectivity index (χ0v) is 8.25. The summed E-state index contributed by atoms with van der Waals surface area (Å²) in [6.07, 6.45) is 1.74. The van der Waals surface area contributed by atoms with Crippen molar-refractivity contribution < 1.29 is 9.53 Å². The number of nitrogens with zero attached hydrogens (tertiary/aromatic N) is 2. The molecule has 1 heterocycles. The highest BCUT2D eigenvalue weighted by molar-refractivity contribution is 5.68. The van der Waals surface area contributed by atoms with Crippen molar-refractivity contribution in [3.05, 3.63) is 42.6 Å². The molecular weight excluding hydrogens is 192 g/mol. The first-order valence-corrected chi connectivity index (χ1v) is 4.55. The van der Waals surface area contributed by atoms with Gasteiger partial charge in [-0.2, -0.15) is 0 Å². The first-order valence-electron chi connectivity index (χ1n) is 4.55. The fourth-order valence-corrected chi connectivity index (χ4v) is 1.23. The number of hydrogen-bond donors (Lipinski definition) is 0. The highest BCUT2D eigenvalue weighted by Gasteiger charge is 2.03. The minimum absolute atomic E-state index is 0.311. The van der Waals surface area contributed by atoms with E-state index >= 15 is 0 Å². The van der Waals surface area contributed by atoms with Gasteiger partial charge in [-0.25, -0.2) is 4.68 Å². The van der Waals surface area contributed by atoms with Crippen LogP contribution >= 0.6 is 0 Å². The van der Waals surface area contributed by atoms with Crippen molar-refractivity contribution >= 4 is 5.97 Å². The Morgan fingerprint density at radius 3 is 2.67 bits per heavy atom. The van der Waals surface area contributed by atoms with Gasteiger partial charge < -0.3 is 4.74 Å². The summed E-state index contributed by atoms with van der Waals surface area (Å²) in [7, 11) is 0. The zero-order valence-electron chi connectivity index (χ0n) is 8.25. The van der Waals surface area contributed by atoms with Crippen molar-refractivity contribution in [2.24, 2.45) is 0 Å². The lowest BCUT2D eigenvalue weighted by Crippen LogP contribution is -2.02. The maximum atomic E-state index is 10.7. The molecule has 0 N–H and O–H groups in total. The summed E-state index contributed by atoms with van der Waals surface area (Å²) in [6, 6.07) is 11.3. The summed E-state index contributed by atoms with van der Waals surface area (Å²) in [5, 5.41) is 4.09. The summed E-state index contributed by atoms with van der Waals surface area (Å²) in [4.78, 5) is 10.7. The zero-order chi connectivity index (χ0) is 10.7.